The summed E-state index contributed by atoms with van der Waals surface area (Å²) in [5, 5.41) is 31.4. The minimum absolute atomic E-state index is 0.0571. The number of aromatic nitrogens is 2. The molecule has 0 aliphatic heterocycles. The standard InChI is InChI=1S/C16H12N4O4/c21-12-3-1-2-10(8-12)13-14(15(22)20-18-13)19-17-11-6-4-9(5-7-11)16(23)24/h1-8,21H,(H,23,24)(H2,18,20,22). The molecule has 3 rings (SSSR count). The molecule has 1 aromatic heterocycles. The molecule has 0 saturated carbocycles. The third-order valence-electron chi connectivity index (χ3n) is 3.27. The third-order valence-corrected chi connectivity index (χ3v) is 3.27. The van der Waals surface area contributed by atoms with Gasteiger partial charge in [0, 0.05) is 5.56 Å². The highest BCUT2D eigenvalue weighted by atomic mass is 16.4. The molecule has 2 aromatic carbocycles. The van der Waals surface area contributed by atoms with Gasteiger partial charge in [-0.15, -0.1) is 5.11 Å². The molecule has 0 saturated heterocycles. The number of hydrogen-bond donors (Lipinski definition) is 4. The quantitative estimate of drug-likeness (QED) is 0.549. The summed E-state index contributed by atoms with van der Waals surface area (Å²) in [7, 11) is 0. The van der Waals surface area contributed by atoms with Crippen LogP contribution in [-0.4, -0.2) is 26.4 Å². The lowest BCUT2D eigenvalue weighted by atomic mass is 10.1. The van der Waals surface area contributed by atoms with Crippen molar-refractivity contribution in [1.29, 1.82) is 0 Å². The minimum Gasteiger partial charge on any atom is -0.508 e. The van der Waals surface area contributed by atoms with Crippen LogP contribution in [0.4, 0.5) is 11.4 Å². The van der Waals surface area contributed by atoms with Gasteiger partial charge in [-0.1, -0.05) is 12.1 Å². The van der Waals surface area contributed by atoms with Crippen LogP contribution >= 0.6 is 0 Å². The Kier molecular flexibility index (Phi) is 3.94. The first-order valence-corrected chi connectivity index (χ1v) is 6.90. The Balaban J connectivity index is 1.94. The van der Waals surface area contributed by atoms with Gasteiger partial charge in [0.2, 0.25) is 0 Å². The maximum Gasteiger partial charge on any atom is 0.335 e. The molecule has 3 aromatic rings. The van der Waals surface area contributed by atoms with E-state index in [1.54, 1.807) is 12.1 Å². The largest absolute Gasteiger partial charge is 0.508 e. The smallest absolute Gasteiger partial charge is 0.335 e. The summed E-state index contributed by atoms with van der Waals surface area (Å²) in [5.74, 6) is -0.978. The lowest BCUT2D eigenvalue weighted by molar-refractivity contribution is 0.0697. The van der Waals surface area contributed by atoms with E-state index in [9.17, 15) is 14.7 Å². The maximum atomic E-state index is 11.9. The summed E-state index contributed by atoms with van der Waals surface area (Å²) in [6, 6.07) is 12.1. The van der Waals surface area contributed by atoms with E-state index in [2.05, 4.69) is 20.4 Å². The number of carboxylic acid groups (broad SMARTS) is 1. The second-order valence-corrected chi connectivity index (χ2v) is 4.91. The van der Waals surface area contributed by atoms with E-state index in [0.717, 1.165) is 0 Å². The van der Waals surface area contributed by atoms with Gasteiger partial charge in [-0.05, 0) is 36.4 Å². The molecule has 120 valence electrons. The van der Waals surface area contributed by atoms with Crippen LogP contribution in [0.2, 0.25) is 0 Å². The van der Waals surface area contributed by atoms with E-state index in [1.165, 1.54) is 36.4 Å². The van der Waals surface area contributed by atoms with Crippen molar-refractivity contribution in [3.8, 4) is 17.0 Å². The van der Waals surface area contributed by atoms with E-state index in [-0.39, 0.29) is 17.0 Å². The third kappa shape index (κ3) is 3.07. The summed E-state index contributed by atoms with van der Waals surface area (Å²) in [6.45, 7) is 0. The average Bonchev–Trinajstić information content (AvgIpc) is 2.94. The fourth-order valence-corrected chi connectivity index (χ4v) is 2.10. The first-order chi connectivity index (χ1) is 11.5. The number of aromatic amines is 2. The number of H-pyrrole nitrogens is 2. The van der Waals surface area contributed by atoms with Crippen molar-refractivity contribution in [1.82, 2.24) is 10.2 Å². The predicted octanol–water partition coefficient (Wildman–Crippen LogP) is 3.19. The highest BCUT2D eigenvalue weighted by Crippen LogP contribution is 2.28. The molecule has 4 N–H and O–H groups in total. The predicted molar refractivity (Wildman–Crippen MR) is 86.1 cm³/mol. The van der Waals surface area contributed by atoms with Crippen LogP contribution in [0.25, 0.3) is 11.3 Å². The monoisotopic (exact) mass is 324 g/mol. The lowest BCUT2D eigenvalue weighted by Crippen LogP contribution is -1.96. The summed E-state index contributed by atoms with van der Waals surface area (Å²) >= 11 is 0. The summed E-state index contributed by atoms with van der Waals surface area (Å²) < 4.78 is 0. The van der Waals surface area contributed by atoms with Crippen molar-refractivity contribution >= 4 is 17.3 Å². The zero-order chi connectivity index (χ0) is 17.1. The number of rotatable bonds is 4. The highest BCUT2D eigenvalue weighted by molar-refractivity contribution is 5.87. The SMILES string of the molecule is O=C(O)c1ccc(N=Nc2c(-c3cccc(O)c3)[nH][nH]c2=O)cc1. The van der Waals surface area contributed by atoms with Gasteiger partial charge in [0.25, 0.3) is 5.56 Å². The van der Waals surface area contributed by atoms with Crippen LogP contribution in [0.15, 0.2) is 63.6 Å². The van der Waals surface area contributed by atoms with Crippen molar-refractivity contribution in [3.05, 3.63) is 64.4 Å². The Hall–Kier alpha value is -3.68. The second-order valence-electron chi connectivity index (χ2n) is 4.91. The van der Waals surface area contributed by atoms with Gasteiger partial charge in [0.05, 0.1) is 16.9 Å². The van der Waals surface area contributed by atoms with Crippen molar-refractivity contribution in [2.45, 2.75) is 0 Å². The molecule has 8 heteroatoms. The first-order valence-electron chi connectivity index (χ1n) is 6.90. The number of azo groups is 1. The van der Waals surface area contributed by atoms with Crippen molar-refractivity contribution in [2.24, 2.45) is 10.2 Å². The number of nitrogens with zero attached hydrogens (tertiary/aromatic N) is 2. The number of nitrogens with one attached hydrogen (secondary N) is 2. The van der Waals surface area contributed by atoms with E-state index in [4.69, 9.17) is 5.11 Å². The van der Waals surface area contributed by atoms with Crippen LogP contribution in [0.1, 0.15) is 10.4 Å². The number of carbonyl (C=O) groups is 1. The summed E-state index contributed by atoms with van der Waals surface area (Å²) in [5.41, 5.74) is 1.10. The number of phenolic OH excluding ortho intramolecular Hbond substituents is 1. The fraction of sp³-hybridized carbons (Fsp3) is 0. The van der Waals surface area contributed by atoms with Gasteiger partial charge in [0.15, 0.2) is 5.69 Å². The first kappa shape index (κ1) is 15.2. The van der Waals surface area contributed by atoms with Gasteiger partial charge in [-0.2, -0.15) is 5.11 Å². The zero-order valence-electron chi connectivity index (χ0n) is 12.2. The van der Waals surface area contributed by atoms with Gasteiger partial charge in [0.1, 0.15) is 5.75 Å². The van der Waals surface area contributed by atoms with Crippen LogP contribution in [0.5, 0.6) is 5.75 Å². The Morgan fingerprint density at radius 3 is 2.42 bits per heavy atom. The van der Waals surface area contributed by atoms with Crippen LogP contribution < -0.4 is 5.56 Å². The molecule has 0 spiro atoms. The van der Waals surface area contributed by atoms with E-state index >= 15 is 0 Å². The minimum atomic E-state index is -1.04. The van der Waals surface area contributed by atoms with E-state index in [1.807, 2.05) is 0 Å². The van der Waals surface area contributed by atoms with Crippen LogP contribution in [-0.2, 0) is 0 Å². The van der Waals surface area contributed by atoms with Crippen molar-refractivity contribution in [3.63, 3.8) is 0 Å². The molecule has 24 heavy (non-hydrogen) atoms. The van der Waals surface area contributed by atoms with Gasteiger partial charge < -0.3 is 10.2 Å². The molecule has 0 aliphatic rings. The van der Waals surface area contributed by atoms with Crippen molar-refractivity contribution in [2.75, 3.05) is 0 Å². The molecule has 0 aliphatic carbocycles. The number of carboxylic acids is 1. The Morgan fingerprint density at radius 2 is 1.75 bits per heavy atom. The fourth-order valence-electron chi connectivity index (χ4n) is 2.10. The molecule has 0 fully saturated rings. The Bertz CT molecular complexity index is 970. The van der Waals surface area contributed by atoms with E-state index < -0.39 is 11.5 Å². The van der Waals surface area contributed by atoms with Crippen LogP contribution in [0.3, 0.4) is 0 Å². The number of hydrogen-bond acceptors (Lipinski definition) is 5. The second kappa shape index (κ2) is 6.21. The summed E-state index contributed by atoms with van der Waals surface area (Å²) in [6.07, 6.45) is 0. The molecule has 0 atom stereocenters. The molecule has 0 radical (unpaired) electrons. The zero-order valence-corrected chi connectivity index (χ0v) is 12.2. The normalized spacial score (nSPS) is 11.0. The number of benzene rings is 2. The average molecular weight is 324 g/mol. The van der Waals surface area contributed by atoms with Gasteiger partial charge in [-0.25, -0.2) is 4.79 Å². The molecular weight excluding hydrogens is 312 g/mol. The topological polar surface area (TPSA) is 131 Å². The van der Waals surface area contributed by atoms with Gasteiger partial charge >= 0.3 is 5.97 Å². The van der Waals surface area contributed by atoms with E-state index in [0.29, 0.717) is 16.9 Å². The molecule has 1 heterocycles. The van der Waals surface area contributed by atoms with Crippen molar-refractivity contribution < 1.29 is 15.0 Å². The van der Waals surface area contributed by atoms with Crippen LogP contribution in [0, 0.1) is 0 Å². The lowest BCUT2D eigenvalue weighted by Gasteiger charge is -1.99. The number of aromatic carboxylic acids is 1. The Labute approximate surface area is 135 Å². The number of phenols is 1. The highest BCUT2D eigenvalue weighted by Gasteiger charge is 2.12. The molecular formula is C16H12N4O4. The summed E-state index contributed by atoms with van der Waals surface area (Å²) in [4.78, 5) is 22.7. The molecule has 0 unspecified atom stereocenters. The Morgan fingerprint density at radius 1 is 1.00 bits per heavy atom. The number of aromatic hydroxyl groups is 1. The molecule has 0 amide bonds. The maximum absolute atomic E-state index is 11.9. The molecule has 0 bridgehead atoms. The molecule has 8 nitrogen and oxygen atoms in total. The van der Waals surface area contributed by atoms with Gasteiger partial charge in [-0.3, -0.25) is 15.0 Å².